The predicted octanol–water partition coefficient (Wildman–Crippen LogP) is 1.89. The maximum Gasteiger partial charge on any atom is 0.246 e. The molecule has 0 spiro atoms. The van der Waals surface area contributed by atoms with Gasteiger partial charge in [-0.3, -0.25) is 14.5 Å². The molecule has 0 aromatic heterocycles. The predicted molar refractivity (Wildman–Crippen MR) is 73.8 cm³/mol. The van der Waals surface area contributed by atoms with E-state index in [1.54, 1.807) is 0 Å². The van der Waals surface area contributed by atoms with Crippen molar-refractivity contribution >= 4 is 23.4 Å². The minimum absolute atomic E-state index is 0.114. The summed E-state index contributed by atoms with van der Waals surface area (Å²) >= 11 is 6.15. The van der Waals surface area contributed by atoms with Gasteiger partial charge in [0.1, 0.15) is 0 Å². The average Bonchev–Trinajstić information content (AvgIpc) is 2.37. The number of nitrogens with zero attached hydrogens (tertiary/aromatic N) is 1. The lowest BCUT2D eigenvalue weighted by atomic mass is 10.0. The van der Waals surface area contributed by atoms with E-state index in [9.17, 15) is 9.59 Å². The molecule has 0 bridgehead atoms. The van der Waals surface area contributed by atoms with Crippen molar-refractivity contribution in [2.24, 2.45) is 0 Å². The van der Waals surface area contributed by atoms with Gasteiger partial charge in [-0.05, 0) is 30.5 Å². The van der Waals surface area contributed by atoms with Gasteiger partial charge in [-0.1, -0.05) is 23.7 Å². The van der Waals surface area contributed by atoms with Gasteiger partial charge in [0, 0.05) is 25.0 Å². The van der Waals surface area contributed by atoms with Crippen LogP contribution in [-0.2, 0) is 16.1 Å². The third kappa shape index (κ3) is 3.14. The monoisotopic (exact) mass is 280 g/mol. The van der Waals surface area contributed by atoms with Crippen molar-refractivity contribution in [3.05, 3.63) is 34.3 Å². The van der Waals surface area contributed by atoms with E-state index >= 15 is 0 Å². The second-order valence-electron chi connectivity index (χ2n) is 4.86. The highest BCUT2D eigenvalue weighted by atomic mass is 35.5. The van der Waals surface area contributed by atoms with Gasteiger partial charge < -0.3 is 5.32 Å². The maximum absolute atomic E-state index is 11.9. The molecule has 1 heterocycles. The molecule has 1 fully saturated rings. The van der Waals surface area contributed by atoms with Crippen LogP contribution in [0, 0.1) is 6.92 Å². The highest BCUT2D eigenvalue weighted by Crippen LogP contribution is 2.18. The van der Waals surface area contributed by atoms with Crippen molar-refractivity contribution in [1.82, 2.24) is 10.2 Å². The molecule has 19 heavy (non-hydrogen) atoms. The third-order valence-corrected chi connectivity index (χ3v) is 3.75. The Balaban J connectivity index is 1.99. The molecule has 1 unspecified atom stereocenters. The Bertz CT molecular complexity index is 516. The Hall–Kier alpha value is -1.39. The molecule has 2 rings (SSSR count). The first kappa shape index (κ1) is 14.0. The topological polar surface area (TPSA) is 49.4 Å². The van der Waals surface area contributed by atoms with Crippen LogP contribution in [0.2, 0.25) is 5.02 Å². The van der Waals surface area contributed by atoms with Gasteiger partial charge in [-0.15, -0.1) is 0 Å². The number of nitrogens with one attached hydrogen (secondary N) is 1. The van der Waals surface area contributed by atoms with E-state index < -0.39 is 0 Å². The van der Waals surface area contributed by atoms with Crippen molar-refractivity contribution in [2.75, 3.05) is 7.05 Å². The van der Waals surface area contributed by atoms with Gasteiger partial charge in [0.05, 0.1) is 6.04 Å². The number of rotatable bonds is 3. The fraction of sp³-hybridized carbons (Fsp3) is 0.429. The second kappa shape index (κ2) is 5.72. The standard InChI is InChI=1S/C14H17ClN2O2/c1-9-3-4-10(11(15)7-9)8-16-12-5-6-13(18)17(2)14(12)19/h3-4,7,12,16H,5-6,8H2,1-2H3. The van der Waals surface area contributed by atoms with Gasteiger partial charge in [0.25, 0.3) is 0 Å². The number of benzene rings is 1. The molecule has 4 nitrogen and oxygen atoms in total. The largest absolute Gasteiger partial charge is 0.302 e. The molecule has 0 aliphatic carbocycles. The van der Waals surface area contributed by atoms with Crippen molar-refractivity contribution in [2.45, 2.75) is 32.4 Å². The van der Waals surface area contributed by atoms with E-state index in [2.05, 4.69) is 5.32 Å². The first-order chi connectivity index (χ1) is 8.99. The molecule has 1 aromatic rings. The number of halogens is 1. The smallest absolute Gasteiger partial charge is 0.246 e. The Kier molecular flexibility index (Phi) is 4.22. The summed E-state index contributed by atoms with van der Waals surface area (Å²) in [4.78, 5) is 24.5. The lowest BCUT2D eigenvalue weighted by Crippen LogP contribution is -2.51. The number of likely N-dealkylation sites (tertiary alicyclic amines) is 1. The van der Waals surface area contributed by atoms with Crippen LogP contribution >= 0.6 is 11.6 Å². The van der Waals surface area contributed by atoms with Gasteiger partial charge in [-0.25, -0.2) is 0 Å². The number of piperidine rings is 1. The molecule has 1 N–H and O–H groups in total. The number of carbonyl (C=O) groups excluding carboxylic acids is 2. The maximum atomic E-state index is 11.9. The number of aryl methyl sites for hydroxylation is 1. The molecule has 0 saturated carbocycles. The number of hydrogen-bond donors (Lipinski definition) is 1. The van der Waals surface area contributed by atoms with Crippen molar-refractivity contribution < 1.29 is 9.59 Å². The lowest BCUT2D eigenvalue weighted by Gasteiger charge is -2.28. The van der Waals surface area contributed by atoms with Crippen LogP contribution in [0.25, 0.3) is 0 Å². The van der Waals surface area contributed by atoms with Crippen molar-refractivity contribution in [3.8, 4) is 0 Å². The van der Waals surface area contributed by atoms with E-state index in [0.717, 1.165) is 11.1 Å². The highest BCUT2D eigenvalue weighted by Gasteiger charge is 2.31. The number of imide groups is 1. The van der Waals surface area contributed by atoms with E-state index in [0.29, 0.717) is 24.4 Å². The van der Waals surface area contributed by atoms with Gasteiger partial charge >= 0.3 is 0 Å². The Labute approximate surface area is 117 Å². The molecule has 1 aromatic carbocycles. The SMILES string of the molecule is Cc1ccc(CNC2CCC(=O)N(C)C2=O)c(Cl)c1. The molecule has 1 aliphatic heterocycles. The number of amides is 2. The van der Waals surface area contributed by atoms with Crippen LogP contribution < -0.4 is 5.32 Å². The molecule has 1 aliphatic rings. The van der Waals surface area contributed by atoms with E-state index in [4.69, 9.17) is 11.6 Å². The molecule has 2 amide bonds. The fourth-order valence-corrected chi connectivity index (χ4v) is 2.44. The first-order valence-corrected chi connectivity index (χ1v) is 6.65. The summed E-state index contributed by atoms with van der Waals surface area (Å²) in [6.45, 7) is 2.51. The minimum atomic E-state index is -0.305. The average molecular weight is 281 g/mol. The Morgan fingerprint density at radius 2 is 2.16 bits per heavy atom. The van der Waals surface area contributed by atoms with Gasteiger partial charge in [-0.2, -0.15) is 0 Å². The number of likely N-dealkylation sites (N-methyl/N-ethyl adjacent to an activating group) is 1. The summed E-state index contributed by atoms with van der Waals surface area (Å²) in [6, 6.07) is 5.53. The van der Waals surface area contributed by atoms with E-state index in [-0.39, 0.29) is 17.9 Å². The summed E-state index contributed by atoms with van der Waals surface area (Å²) < 4.78 is 0. The molecule has 1 saturated heterocycles. The summed E-state index contributed by atoms with van der Waals surface area (Å²) in [5.41, 5.74) is 2.06. The van der Waals surface area contributed by atoms with Gasteiger partial charge in [0.2, 0.25) is 11.8 Å². The van der Waals surface area contributed by atoms with Crippen LogP contribution in [0.15, 0.2) is 18.2 Å². The van der Waals surface area contributed by atoms with Crippen LogP contribution in [-0.4, -0.2) is 29.8 Å². The number of carbonyl (C=O) groups is 2. The van der Waals surface area contributed by atoms with Crippen LogP contribution in [0.4, 0.5) is 0 Å². The zero-order valence-corrected chi connectivity index (χ0v) is 11.8. The van der Waals surface area contributed by atoms with Crippen molar-refractivity contribution in [1.29, 1.82) is 0 Å². The molecule has 1 atom stereocenters. The zero-order valence-electron chi connectivity index (χ0n) is 11.1. The fourth-order valence-electron chi connectivity index (χ4n) is 2.13. The Morgan fingerprint density at radius 3 is 2.84 bits per heavy atom. The van der Waals surface area contributed by atoms with Crippen LogP contribution in [0.1, 0.15) is 24.0 Å². The molecular weight excluding hydrogens is 264 g/mol. The minimum Gasteiger partial charge on any atom is -0.302 e. The Morgan fingerprint density at radius 1 is 1.42 bits per heavy atom. The van der Waals surface area contributed by atoms with E-state index in [1.165, 1.54) is 11.9 Å². The third-order valence-electron chi connectivity index (χ3n) is 3.40. The van der Waals surface area contributed by atoms with Gasteiger partial charge in [0.15, 0.2) is 0 Å². The zero-order chi connectivity index (χ0) is 14.0. The molecule has 102 valence electrons. The normalized spacial score (nSPS) is 19.9. The molecular formula is C14H17ClN2O2. The molecule has 0 radical (unpaired) electrons. The summed E-state index contributed by atoms with van der Waals surface area (Å²) in [7, 11) is 1.53. The number of hydrogen-bond acceptors (Lipinski definition) is 3. The van der Waals surface area contributed by atoms with Crippen LogP contribution in [0.5, 0.6) is 0 Å². The lowest BCUT2D eigenvalue weighted by molar-refractivity contribution is -0.148. The summed E-state index contributed by atoms with van der Waals surface area (Å²) in [6.07, 6.45) is 0.951. The van der Waals surface area contributed by atoms with E-state index in [1.807, 2.05) is 25.1 Å². The van der Waals surface area contributed by atoms with Crippen LogP contribution in [0.3, 0.4) is 0 Å². The second-order valence-corrected chi connectivity index (χ2v) is 5.27. The highest BCUT2D eigenvalue weighted by molar-refractivity contribution is 6.31. The first-order valence-electron chi connectivity index (χ1n) is 6.28. The quantitative estimate of drug-likeness (QED) is 0.860. The van der Waals surface area contributed by atoms with Crippen molar-refractivity contribution in [3.63, 3.8) is 0 Å². The summed E-state index contributed by atoms with van der Waals surface area (Å²) in [5, 5.41) is 3.87. The summed E-state index contributed by atoms with van der Waals surface area (Å²) in [5.74, 6) is -0.282. The molecule has 5 heteroatoms.